The first kappa shape index (κ1) is 13.0. The van der Waals surface area contributed by atoms with Gasteiger partial charge in [-0.1, -0.05) is 13.8 Å². The maximum atomic E-state index is 5.91. The number of hydrogen-bond acceptors (Lipinski definition) is 4. The van der Waals surface area contributed by atoms with Crippen LogP contribution in [-0.2, 0) is 19.9 Å². The van der Waals surface area contributed by atoms with E-state index < -0.39 is 0 Å². The number of rotatable bonds is 3. The normalized spacial score (nSPS) is 10.9. The largest absolute Gasteiger partial charge is 0.383 e. The maximum absolute atomic E-state index is 5.91. The van der Waals surface area contributed by atoms with E-state index in [-0.39, 0.29) is 0 Å². The average molecular weight is 310 g/mol. The molecule has 5 nitrogen and oxygen atoms in total. The molecule has 2 aromatic rings. The summed E-state index contributed by atoms with van der Waals surface area (Å²) in [5, 5.41) is 4.40. The lowest BCUT2D eigenvalue weighted by Crippen LogP contribution is -2.02. The topological polar surface area (TPSA) is 69.6 Å². The first-order valence-electron chi connectivity index (χ1n) is 5.91. The lowest BCUT2D eigenvalue weighted by atomic mass is 10.2. The van der Waals surface area contributed by atoms with E-state index in [1.54, 1.807) is 4.68 Å². The van der Waals surface area contributed by atoms with Crippen molar-refractivity contribution >= 4 is 21.7 Å². The highest BCUT2D eigenvalue weighted by Crippen LogP contribution is 2.27. The molecular weight excluding hydrogens is 294 g/mol. The Hall–Kier alpha value is -1.43. The Morgan fingerprint density at radius 2 is 1.89 bits per heavy atom. The molecule has 0 aliphatic rings. The van der Waals surface area contributed by atoms with Crippen LogP contribution in [0.3, 0.4) is 0 Å². The molecule has 18 heavy (non-hydrogen) atoms. The van der Waals surface area contributed by atoms with Gasteiger partial charge < -0.3 is 5.73 Å². The Bertz CT molecular complexity index is 576. The number of aromatic nitrogens is 4. The van der Waals surface area contributed by atoms with Crippen LogP contribution in [0.25, 0.3) is 11.4 Å². The first-order valence-corrected chi connectivity index (χ1v) is 6.70. The van der Waals surface area contributed by atoms with Crippen LogP contribution in [0.15, 0.2) is 10.7 Å². The number of hydrogen-bond donors (Lipinski definition) is 1. The maximum Gasteiger partial charge on any atom is 0.165 e. The molecule has 0 saturated heterocycles. The molecule has 0 atom stereocenters. The molecule has 0 aliphatic heterocycles. The van der Waals surface area contributed by atoms with Crippen molar-refractivity contribution in [1.82, 2.24) is 19.7 Å². The predicted molar refractivity (Wildman–Crippen MR) is 75.1 cm³/mol. The molecule has 0 fully saturated rings. The van der Waals surface area contributed by atoms with Crippen LogP contribution in [0.2, 0.25) is 0 Å². The second-order valence-corrected chi connectivity index (χ2v) is 4.86. The van der Waals surface area contributed by atoms with Crippen molar-refractivity contribution in [3.05, 3.63) is 22.1 Å². The van der Waals surface area contributed by atoms with Crippen LogP contribution in [0, 0.1) is 0 Å². The number of nitrogens with two attached hydrogens (primary N) is 1. The Kier molecular flexibility index (Phi) is 3.65. The smallest absolute Gasteiger partial charge is 0.165 e. The lowest BCUT2D eigenvalue weighted by Gasteiger charge is -2.07. The van der Waals surface area contributed by atoms with Gasteiger partial charge in [0.25, 0.3) is 0 Å². The minimum Gasteiger partial charge on any atom is -0.383 e. The average Bonchev–Trinajstić information content (AvgIpc) is 2.73. The second-order valence-electron chi connectivity index (χ2n) is 4.06. The minimum atomic E-state index is 0.475. The van der Waals surface area contributed by atoms with E-state index in [1.807, 2.05) is 20.2 Å². The molecule has 2 aromatic heterocycles. The van der Waals surface area contributed by atoms with Crippen molar-refractivity contribution in [2.24, 2.45) is 7.05 Å². The zero-order valence-electron chi connectivity index (χ0n) is 10.7. The molecule has 0 spiro atoms. The van der Waals surface area contributed by atoms with E-state index in [9.17, 15) is 0 Å². The third-order valence-corrected chi connectivity index (χ3v) is 3.63. The molecule has 0 amide bonds. The molecule has 0 saturated carbocycles. The van der Waals surface area contributed by atoms with Crippen molar-refractivity contribution in [3.63, 3.8) is 0 Å². The van der Waals surface area contributed by atoms with Crippen LogP contribution in [0.4, 0.5) is 5.82 Å². The number of anilines is 1. The van der Waals surface area contributed by atoms with Gasteiger partial charge in [-0.3, -0.25) is 4.68 Å². The summed E-state index contributed by atoms with van der Waals surface area (Å²) in [5.41, 5.74) is 8.77. The molecule has 0 bridgehead atoms. The van der Waals surface area contributed by atoms with Gasteiger partial charge in [-0.05, 0) is 28.8 Å². The van der Waals surface area contributed by atoms with E-state index in [0.29, 0.717) is 11.6 Å². The van der Waals surface area contributed by atoms with E-state index in [4.69, 9.17) is 5.73 Å². The van der Waals surface area contributed by atoms with Gasteiger partial charge in [-0.15, -0.1) is 0 Å². The van der Waals surface area contributed by atoms with Gasteiger partial charge >= 0.3 is 0 Å². The van der Waals surface area contributed by atoms with E-state index in [1.165, 1.54) is 0 Å². The third kappa shape index (κ3) is 2.25. The van der Waals surface area contributed by atoms with Crippen molar-refractivity contribution in [2.45, 2.75) is 26.7 Å². The molecule has 2 rings (SSSR count). The van der Waals surface area contributed by atoms with Crippen LogP contribution in [0.5, 0.6) is 0 Å². The minimum absolute atomic E-state index is 0.475. The first-order chi connectivity index (χ1) is 8.56. The summed E-state index contributed by atoms with van der Waals surface area (Å²) in [6.07, 6.45) is 3.58. The van der Waals surface area contributed by atoms with Crippen molar-refractivity contribution in [3.8, 4) is 11.4 Å². The summed E-state index contributed by atoms with van der Waals surface area (Å²) in [7, 11) is 1.89. The SMILES string of the molecule is CCc1nn(C)cc1-c1nc(N)c(Br)c(CC)n1. The van der Waals surface area contributed by atoms with Gasteiger partial charge in [0.15, 0.2) is 5.82 Å². The number of nitrogens with zero attached hydrogens (tertiary/aromatic N) is 4. The molecule has 2 heterocycles. The van der Waals surface area contributed by atoms with Gasteiger partial charge in [-0.2, -0.15) is 5.10 Å². The standard InChI is InChI=1S/C12H16BrN5/c1-4-8-7(6-18(3)17-8)12-15-9(5-2)10(13)11(14)16-12/h6H,4-5H2,1-3H3,(H2,14,15,16). The van der Waals surface area contributed by atoms with Crippen LogP contribution in [0.1, 0.15) is 25.2 Å². The van der Waals surface area contributed by atoms with Gasteiger partial charge in [0.2, 0.25) is 0 Å². The van der Waals surface area contributed by atoms with Gasteiger partial charge in [-0.25, -0.2) is 9.97 Å². The fourth-order valence-corrected chi connectivity index (χ4v) is 2.31. The van der Waals surface area contributed by atoms with Gasteiger partial charge in [0.1, 0.15) is 5.82 Å². The summed E-state index contributed by atoms with van der Waals surface area (Å²) >= 11 is 3.42. The lowest BCUT2D eigenvalue weighted by molar-refractivity contribution is 0.746. The van der Waals surface area contributed by atoms with E-state index >= 15 is 0 Å². The fourth-order valence-electron chi connectivity index (χ4n) is 1.85. The van der Waals surface area contributed by atoms with Crippen LogP contribution >= 0.6 is 15.9 Å². The van der Waals surface area contributed by atoms with Crippen molar-refractivity contribution < 1.29 is 0 Å². The third-order valence-electron chi connectivity index (χ3n) is 2.76. The monoisotopic (exact) mass is 309 g/mol. The summed E-state index contributed by atoms with van der Waals surface area (Å²) in [4.78, 5) is 8.89. The summed E-state index contributed by atoms with van der Waals surface area (Å²) in [6.45, 7) is 4.11. The van der Waals surface area contributed by atoms with Crippen LogP contribution in [-0.4, -0.2) is 19.7 Å². The molecular formula is C12H16BrN5. The molecule has 0 aromatic carbocycles. The second kappa shape index (κ2) is 5.06. The summed E-state index contributed by atoms with van der Waals surface area (Å²) < 4.78 is 2.57. The summed E-state index contributed by atoms with van der Waals surface area (Å²) in [5.74, 6) is 1.13. The Balaban J connectivity index is 2.60. The highest BCUT2D eigenvalue weighted by atomic mass is 79.9. The van der Waals surface area contributed by atoms with E-state index in [0.717, 1.165) is 34.3 Å². The van der Waals surface area contributed by atoms with Crippen LogP contribution < -0.4 is 5.73 Å². The molecule has 6 heteroatoms. The zero-order valence-corrected chi connectivity index (χ0v) is 12.3. The molecule has 96 valence electrons. The van der Waals surface area contributed by atoms with Crippen molar-refractivity contribution in [1.29, 1.82) is 0 Å². The Morgan fingerprint density at radius 1 is 1.22 bits per heavy atom. The number of nitrogen functional groups attached to an aromatic ring is 1. The molecule has 2 N–H and O–H groups in total. The predicted octanol–water partition coefficient (Wildman–Crippen LogP) is 2.35. The Labute approximate surface area is 115 Å². The number of aryl methyl sites for hydroxylation is 3. The number of halogens is 1. The summed E-state index contributed by atoms with van der Waals surface area (Å²) in [6, 6.07) is 0. The van der Waals surface area contributed by atoms with Crippen molar-refractivity contribution in [2.75, 3.05) is 5.73 Å². The molecule has 0 unspecified atom stereocenters. The van der Waals surface area contributed by atoms with Gasteiger partial charge in [0.05, 0.1) is 21.4 Å². The zero-order chi connectivity index (χ0) is 13.3. The molecule has 0 aliphatic carbocycles. The fraction of sp³-hybridized carbons (Fsp3) is 0.417. The van der Waals surface area contributed by atoms with Gasteiger partial charge in [0, 0.05) is 13.2 Å². The Morgan fingerprint density at radius 3 is 2.50 bits per heavy atom. The highest BCUT2D eigenvalue weighted by Gasteiger charge is 2.15. The quantitative estimate of drug-likeness (QED) is 0.945. The molecule has 0 radical (unpaired) electrons. The highest BCUT2D eigenvalue weighted by molar-refractivity contribution is 9.10. The van der Waals surface area contributed by atoms with E-state index in [2.05, 4.69) is 37.9 Å².